The van der Waals surface area contributed by atoms with Crippen LogP contribution >= 0.6 is 0 Å². The van der Waals surface area contributed by atoms with Gasteiger partial charge in [0.2, 0.25) is 5.56 Å². The number of hydrogen-bond acceptors (Lipinski definition) is 4. The molecule has 2 atom stereocenters. The second kappa shape index (κ2) is 4.67. The van der Waals surface area contributed by atoms with Crippen LogP contribution in [0.3, 0.4) is 0 Å². The molecule has 90 valence electrons. The number of H-pyrrole nitrogens is 1. The van der Waals surface area contributed by atoms with E-state index in [1.165, 1.54) is 6.07 Å². The maximum atomic E-state index is 11.2. The number of nitrogens with one attached hydrogen (secondary N) is 1. The third-order valence-electron chi connectivity index (χ3n) is 2.71. The molecular formula is C12H14N2O3. The summed E-state index contributed by atoms with van der Waals surface area (Å²) in [5.41, 5.74) is 5.62. The van der Waals surface area contributed by atoms with E-state index in [1.54, 1.807) is 24.4 Å². The SMILES string of the molecule is NCC(O)C(O)c1ccc2c[nH]c(=O)cc2c1. The fourth-order valence-electron chi connectivity index (χ4n) is 1.72. The number of aliphatic hydroxyl groups excluding tert-OH is 2. The number of aromatic amines is 1. The summed E-state index contributed by atoms with van der Waals surface area (Å²) in [4.78, 5) is 13.7. The van der Waals surface area contributed by atoms with Crippen LogP contribution in [-0.2, 0) is 0 Å². The number of pyridine rings is 1. The summed E-state index contributed by atoms with van der Waals surface area (Å²) in [7, 11) is 0. The summed E-state index contributed by atoms with van der Waals surface area (Å²) in [5, 5.41) is 20.8. The Kier molecular flexibility index (Phi) is 3.23. The third-order valence-corrected chi connectivity index (χ3v) is 2.71. The van der Waals surface area contributed by atoms with Crippen molar-refractivity contribution in [2.45, 2.75) is 12.2 Å². The Morgan fingerprint density at radius 1 is 1.24 bits per heavy atom. The summed E-state index contributed by atoms with van der Waals surface area (Å²) in [5.74, 6) is 0. The van der Waals surface area contributed by atoms with Crippen molar-refractivity contribution in [1.29, 1.82) is 0 Å². The molecule has 0 saturated heterocycles. The topological polar surface area (TPSA) is 99.3 Å². The molecule has 0 aliphatic carbocycles. The van der Waals surface area contributed by atoms with Gasteiger partial charge in [-0.2, -0.15) is 0 Å². The Morgan fingerprint density at radius 3 is 2.71 bits per heavy atom. The fourth-order valence-corrected chi connectivity index (χ4v) is 1.72. The van der Waals surface area contributed by atoms with Crippen molar-refractivity contribution in [1.82, 2.24) is 4.98 Å². The highest BCUT2D eigenvalue weighted by atomic mass is 16.3. The molecular weight excluding hydrogens is 220 g/mol. The third kappa shape index (κ3) is 2.36. The van der Waals surface area contributed by atoms with Crippen LogP contribution in [0.2, 0.25) is 0 Å². The van der Waals surface area contributed by atoms with Crippen molar-refractivity contribution in [3.8, 4) is 0 Å². The molecule has 5 N–H and O–H groups in total. The van der Waals surface area contributed by atoms with E-state index in [4.69, 9.17) is 5.73 Å². The second-order valence-corrected chi connectivity index (χ2v) is 3.93. The van der Waals surface area contributed by atoms with Gasteiger partial charge in [-0.1, -0.05) is 12.1 Å². The predicted octanol–water partition coefficient (Wildman–Crippen LogP) is -0.119. The zero-order valence-electron chi connectivity index (χ0n) is 9.13. The van der Waals surface area contributed by atoms with Crippen LogP contribution in [0.15, 0.2) is 35.3 Å². The van der Waals surface area contributed by atoms with E-state index >= 15 is 0 Å². The van der Waals surface area contributed by atoms with Gasteiger partial charge in [0.1, 0.15) is 6.10 Å². The predicted molar refractivity (Wildman–Crippen MR) is 64.6 cm³/mol. The van der Waals surface area contributed by atoms with Crippen LogP contribution in [0.5, 0.6) is 0 Å². The zero-order valence-corrected chi connectivity index (χ0v) is 9.13. The van der Waals surface area contributed by atoms with Gasteiger partial charge in [-0.05, 0) is 22.4 Å². The standard InChI is InChI=1S/C12H14N2O3/c13-5-10(15)12(17)7-1-2-8-6-14-11(16)4-9(8)3-7/h1-4,6,10,12,15,17H,5,13H2,(H,14,16). The fraction of sp³-hybridized carbons (Fsp3) is 0.250. The molecule has 0 radical (unpaired) electrons. The molecule has 17 heavy (non-hydrogen) atoms. The van der Waals surface area contributed by atoms with E-state index in [9.17, 15) is 15.0 Å². The number of nitrogens with two attached hydrogens (primary N) is 1. The summed E-state index contributed by atoms with van der Waals surface area (Å²) in [6, 6.07) is 6.59. The first kappa shape index (κ1) is 11.8. The Morgan fingerprint density at radius 2 is 2.00 bits per heavy atom. The normalized spacial score (nSPS) is 14.8. The molecule has 2 aromatic rings. The highest BCUT2D eigenvalue weighted by Gasteiger charge is 2.16. The second-order valence-electron chi connectivity index (χ2n) is 3.93. The van der Waals surface area contributed by atoms with Gasteiger partial charge in [-0.3, -0.25) is 4.79 Å². The number of rotatable bonds is 3. The van der Waals surface area contributed by atoms with E-state index in [1.807, 2.05) is 0 Å². The van der Waals surface area contributed by atoms with Crippen LogP contribution in [0.25, 0.3) is 10.8 Å². The van der Waals surface area contributed by atoms with E-state index in [-0.39, 0.29) is 12.1 Å². The van der Waals surface area contributed by atoms with E-state index in [2.05, 4.69) is 4.98 Å². The quantitative estimate of drug-likeness (QED) is 0.595. The van der Waals surface area contributed by atoms with E-state index < -0.39 is 12.2 Å². The van der Waals surface area contributed by atoms with Crippen LogP contribution in [0.4, 0.5) is 0 Å². The molecule has 5 nitrogen and oxygen atoms in total. The smallest absolute Gasteiger partial charge is 0.248 e. The van der Waals surface area contributed by atoms with Crippen molar-refractivity contribution in [3.63, 3.8) is 0 Å². The van der Waals surface area contributed by atoms with Gasteiger partial charge in [-0.15, -0.1) is 0 Å². The summed E-state index contributed by atoms with van der Waals surface area (Å²) in [6.07, 6.45) is -0.439. The van der Waals surface area contributed by atoms with Crippen LogP contribution in [-0.4, -0.2) is 27.8 Å². The molecule has 5 heteroatoms. The molecule has 1 aromatic carbocycles. The molecule has 0 bridgehead atoms. The van der Waals surface area contributed by atoms with Gasteiger partial charge in [0.05, 0.1) is 6.10 Å². The molecule has 1 heterocycles. The monoisotopic (exact) mass is 234 g/mol. The maximum absolute atomic E-state index is 11.2. The summed E-state index contributed by atoms with van der Waals surface area (Å²) < 4.78 is 0. The van der Waals surface area contributed by atoms with Crippen LogP contribution < -0.4 is 11.3 Å². The highest BCUT2D eigenvalue weighted by Crippen LogP contribution is 2.21. The van der Waals surface area contributed by atoms with Gasteiger partial charge in [0.25, 0.3) is 0 Å². The lowest BCUT2D eigenvalue weighted by Gasteiger charge is -2.16. The van der Waals surface area contributed by atoms with Gasteiger partial charge in [-0.25, -0.2) is 0 Å². The van der Waals surface area contributed by atoms with E-state index in [0.717, 1.165) is 10.8 Å². The molecule has 2 unspecified atom stereocenters. The zero-order chi connectivity index (χ0) is 12.4. The van der Waals surface area contributed by atoms with Crippen molar-refractivity contribution >= 4 is 10.8 Å². The first-order valence-electron chi connectivity index (χ1n) is 5.30. The Labute approximate surface area is 97.5 Å². The Hall–Kier alpha value is -1.69. The molecule has 0 spiro atoms. The van der Waals surface area contributed by atoms with E-state index in [0.29, 0.717) is 5.56 Å². The largest absolute Gasteiger partial charge is 0.389 e. The lowest BCUT2D eigenvalue weighted by molar-refractivity contribution is 0.0244. The highest BCUT2D eigenvalue weighted by molar-refractivity contribution is 5.82. The first-order chi connectivity index (χ1) is 8.11. The molecule has 0 fully saturated rings. The molecule has 2 rings (SSSR count). The van der Waals surface area contributed by atoms with Gasteiger partial charge in [0, 0.05) is 18.8 Å². The minimum Gasteiger partial charge on any atom is -0.389 e. The number of benzene rings is 1. The van der Waals surface area contributed by atoms with Crippen molar-refractivity contribution in [2.75, 3.05) is 6.54 Å². The number of hydrogen-bond donors (Lipinski definition) is 4. The van der Waals surface area contributed by atoms with Crippen molar-refractivity contribution < 1.29 is 10.2 Å². The number of fused-ring (bicyclic) bond motifs is 1. The van der Waals surface area contributed by atoms with Crippen molar-refractivity contribution in [2.24, 2.45) is 5.73 Å². The number of aromatic nitrogens is 1. The van der Waals surface area contributed by atoms with Gasteiger partial charge in [0.15, 0.2) is 0 Å². The minimum atomic E-state index is -1.04. The first-order valence-corrected chi connectivity index (χ1v) is 5.30. The lowest BCUT2D eigenvalue weighted by Crippen LogP contribution is -2.27. The molecule has 0 aliphatic heterocycles. The molecule has 1 aromatic heterocycles. The van der Waals surface area contributed by atoms with Crippen LogP contribution in [0, 0.1) is 0 Å². The van der Waals surface area contributed by atoms with Crippen molar-refractivity contribution in [3.05, 3.63) is 46.4 Å². The molecule has 0 saturated carbocycles. The van der Waals surface area contributed by atoms with Gasteiger partial charge >= 0.3 is 0 Å². The summed E-state index contributed by atoms with van der Waals surface area (Å²) >= 11 is 0. The molecule has 0 aliphatic rings. The van der Waals surface area contributed by atoms with Gasteiger partial charge < -0.3 is 20.9 Å². The Balaban J connectivity index is 2.46. The number of aliphatic hydroxyl groups is 2. The Bertz CT molecular complexity index is 579. The lowest BCUT2D eigenvalue weighted by atomic mass is 10.0. The average molecular weight is 234 g/mol. The minimum absolute atomic E-state index is 0.0193. The summed E-state index contributed by atoms with van der Waals surface area (Å²) in [6.45, 7) is -0.0193. The molecule has 0 amide bonds. The maximum Gasteiger partial charge on any atom is 0.248 e. The van der Waals surface area contributed by atoms with Crippen LogP contribution in [0.1, 0.15) is 11.7 Å². The average Bonchev–Trinajstić information content (AvgIpc) is 2.36.